The van der Waals surface area contributed by atoms with Gasteiger partial charge in [0.25, 0.3) is 0 Å². The molecule has 1 atom stereocenters. The highest BCUT2D eigenvalue weighted by Crippen LogP contribution is 2.21. The second-order valence-electron chi connectivity index (χ2n) is 4.78. The van der Waals surface area contributed by atoms with Crippen molar-refractivity contribution < 1.29 is 4.79 Å². The van der Waals surface area contributed by atoms with Crippen molar-refractivity contribution in [3.8, 4) is 11.1 Å². The Balaban J connectivity index is 2.20. The quantitative estimate of drug-likeness (QED) is 0.846. The second kappa shape index (κ2) is 6.87. The lowest BCUT2D eigenvalue weighted by molar-refractivity contribution is -0.120. The van der Waals surface area contributed by atoms with Gasteiger partial charge < -0.3 is 11.1 Å². The van der Waals surface area contributed by atoms with Gasteiger partial charge in [-0.05, 0) is 29.7 Å². The van der Waals surface area contributed by atoms with Crippen molar-refractivity contribution in [3.05, 3.63) is 60.2 Å². The van der Waals surface area contributed by atoms with Crippen LogP contribution in [0.15, 0.2) is 54.6 Å². The molecule has 0 heterocycles. The molecule has 0 saturated carbocycles. The van der Waals surface area contributed by atoms with E-state index in [1.54, 1.807) is 0 Å². The predicted octanol–water partition coefficient (Wildman–Crippen LogP) is 2.88. The summed E-state index contributed by atoms with van der Waals surface area (Å²) < 4.78 is 0. The molecule has 2 rings (SSSR count). The third-order valence-electron chi connectivity index (χ3n) is 3.23. The molecular formula is C17H20N2O. The Morgan fingerprint density at radius 2 is 1.65 bits per heavy atom. The van der Waals surface area contributed by atoms with E-state index in [0.717, 1.165) is 29.7 Å². The zero-order valence-corrected chi connectivity index (χ0v) is 11.7. The molecule has 0 aliphatic carbocycles. The van der Waals surface area contributed by atoms with Crippen LogP contribution in [0.25, 0.3) is 11.1 Å². The number of hydrogen-bond acceptors (Lipinski definition) is 2. The number of benzene rings is 2. The second-order valence-corrected chi connectivity index (χ2v) is 4.78. The molecule has 0 spiro atoms. The molecule has 0 radical (unpaired) electrons. The predicted molar refractivity (Wildman–Crippen MR) is 82.1 cm³/mol. The van der Waals surface area contributed by atoms with E-state index in [9.17, 15) is 4.79 Å². The topological polar surface area (TPSA) is 55.1 Å². The first kappa shape index (κ1) is 14.3. The van der Waals surface area contributed by atoms with Crippen LogP contribution in [0, 0.1) is 0 Å². The summed E-state index contributed by atoms with van der Waals surface area (Å²) in [6, 6.07) is 17.7. The third kappa shape index (κ3) is 3.45. The largest absolute Gasteiger partial charge is 0.368 e. The summed E-state index contributed by atoms with van der Waals surface area (Å²) in [4.78, 5) is 11.5. The van der Waals surface area contributed by atoms with Crippen molar-refractivity contribution in [3.63, 3.8) is 0 Å². The summed E-state index contributed by atoms with van der Waals surface area (Å²) in [6.45, 7) is 2.83. The lowest BCUT2D eigenvalue weighted by Crippen LogP contribution is -2.34. The van der Waals surface area contributed by atoms with Crippen molar-refractivity contribution in [1.82, 2.24) is 5.32 Å². The summed E-state index contributed by atoms with van der Waals surface area (Å²) in [5.41, 5.74) is 8.66. The van der Waals surface area contributed by atoms with Crippen LogP contribution in [-0.2, 0) is 4.79 Å². The fraction of sp³-hybridized carbons (Fsp3) is 0.235. The minimum Gasteiger partial charge on any atom is -0.368 e. The maximum atomic E-state index is 11.5. The normalized spacial score (nSPS) is 12.1. The number of hydrogen-bond donors (Lipinski definition) is 2. The van der Waals surface area contributed by atoms with Crippen LogP contribution in [0.2, 0.25) is 0 Å². The molecule has 2 aromatic rings. The van der Waals surface area contributed by atoms with Crippen LogP contribution < -0.4 is 11.1 Å². The van der Waals surface area contributed by atoms with Gasteiger partial charge in [0.1, 0.15) is 6.04 Å². The summed E-state index contributed by atoms with van der Waals surface area (Å²) in [5.74, 6) is -0.342. The van der Waals surface area contributed by atoms with Gasteiger partial charge in [0.05, 0.1) is 0 Å². The van der Waals surface area contributed by atoms with E-state index < -0.39 is 6.04 Å². The van der Waals surface area contributed by atoms with Crippen LogP contribution >= 0.6 is 0 Å². The molecule has 0 aromatic heterocycles. The van der Waals surface area contributed by atoms with E-state index in [4.69, 9.17) is 5.73 Å². The summed E-state index contributed by atoms with van der Waals surface area (Å²) in [7, 11) is 0. The highest BCUT2D eigenvalue weighted by atomic mass is 16.1. The van der Waals surface area contributed by atoms with Gasteiger partial charge >= 0.3 is 0 Å². The molecule has 0 saturated heterocycles. The standard InChI is InChI=1S/C17H20N2O/c1-2-12-19-16(17(18)20)15-10-8-14(9-11-15)13-6-4-3-5-7-13/h3-11,16,19H,2,12H2,1H3,(H2,18,20). The van der Waals surface area contributed by atoms with Crippen LogP contribution in [0.4, 0.5) is 0 Å². The number of carbonyl (C=O) groups excluding carboxylic acids is 1. The Labute approximate surface area is 119 Å². The number of amides is 1. The van der Waals surface area contributed by atoms with Gasteiger partial charge in [-0.3, -0.25) is 4.79 Å². The molecule has 3 heteroatoms. The van der Waals surface area contributed by atoms with E-state index in [1.165, 1.54) is 0 Å². The molecule has 104 valence electrons. The SMILES string of the molecule is CCCNC(C(N)=O)c1ccc(-c2ccccc2)cc1. The first-order chi connectivity index (χ1) is 9.72. The van der Waals surface area contributed by atoms with Crippen LogP contribution in [0.3, 0.4) is 0 Å². The van der Waals surface area contributed by atoms with Crippen LogP contribution in [0.5, 0.6) is 0 Å². The average Bonchev–Trinajstić information content (AvgIpc) is 2.49. The van der Waals surface area contributed by atoms with Crippen molar-refractivity contribution in [2.24, 2.45) is 5.73 Å². The summed E-state index contributed by atoms with van der Waals surface area (Å²) in [6.07, 6.45) is 0.964. The fourth-order valence-electron chi connectivity index (χ4n) is 2.17. The maximum absolute atomic E-state index is 11.5. The Morgan fingerprint density at radius 3 is 2.20 bits per heavy atom. The highest BCUT2D eigenvalue weighted by molar-refractivity contribution is 5.81. The van der Waals surface area contributed by atoms with E-state index >= 15 is 0 Å². The van der Waals surface area contributed by atoms with Crippen molar-refractivity contribution >= 4 is 5.91 Å². The Morgan fingerprint density at radius 1 is 1.05 bits per heavy atom. The zero-order chi connectivity index (χ0) is 14.4. The first-order valence-corrected chi connectivity index (χ1v) is 6.90. The molecule has 20 heavy (non-hydrogen) atoms. The van der Waals surface area contributed by atoms with Crippen LogP contribution in [-0.4, -0.2) is 12.5 Å². The Hall–Kier alpha value is -2.13. The van der Waals surface area contributed by atoms with E-state index in [0.29, 0.717) is 0 Å². The van der Waals surface area contributed by atoms with Gasteiger partial charge in [0, 0.05) is 0 Å². The molecule has 0 bridgehead atoms. The zero-order valence-electron chi connectivity index (χ0n) is 11.7. The van der Waals surface area contributed by atoms with E-state index in [2.05, 4.69) is 24.4 Å². The molecular weight excluding hydrogens is 248 g/mol. The number of rotatable bonds is 6. The minimum absolute atomic E-state index is 0.342. The van der Waals surface area contributed by atoms with Gasteiger partial charge in [-0.15, -0.1) is 0 Å². The van der Waals surface area contributed by atoms with Crippen molar-refractivity contribution in [2.45, 2.75) is 19.4 Å². The van der Waals surface area contributed by atoms with Gasteiger partial charge in [0.15, 0.2) is 0 Å². The molecule has 1 amide bonds. The molecule has 0 aliphatic rings. The van der Waals surface area contributed by atoms with Gasteiger partial charge in [0.2, 0.25) is 5.91 Å². The highest BCUT2D eigenvalue weighted by Gasteiger charge is 2.16. The summed E-state index contributed by atoms with van der Waals surface area (Å²) >= 11 is 0. The van der Waals surface area contributed by atoms with Crippen molar-refractivity contribution in [1.29, 1.82) is 0 Å². The monoisotopic (exact) mass is 268 g/mol. The van der Waals surface area contributed by atoms with Gasteiger partial charge in [-0.25, -0.2) is 0 Å². The lowest BCUT2D eigenvalue weighted by Gasteiger charge is -2.15. The maximum Gasteiger partial charge on any atom is 0.239 e. The lowest BCUT2D eigenvalue weighted by atomic mass is 10.0. The number of nitrogens with one attached hydrogen (secondary N) is 1. The van der Waals surface area contributed by atoms with Crippen molar-refractivity contribution in [2.75, 3.05) is 6.54 Å². The number of primary amides is 1. The minimum atomic E-state index is -0.417. The van der Waals surface area contributed by atoms with Crippen LogP contribution in [0.1, 0.15) is 24.9 Å². The Bertz CT molecular complexity index is 549. The molecule has 1 unspecified atom stereocenters. The van der Waals surface area contributed by atoms with E-state index in [-0.39, 0.29) is 5.91 Å². The fourth-order valence-corrected chi connectivity index (χ4v) is 2.17. The van der Waals surface area contributed by atoms with Gasteiger partial charge in [-0.2, -0.15) is 0 Å². The summed E-state index contributed by atoms with van der Waals surface area (Å²) in [5, 5.41) is 3.17. The van der Waals surface area contributed by atoms with E-state index in [1.807, 2.05) is 42.5 Å². The number of nitrogens with two attached hydrogens (primary N) is 1. The first-order valence-electron chi connectivity index (χ1n) is 6.90. The third-order valence-corrected chi connectivity index (χ3v) is 3.23. The average molecular weight is 268 g/mol. The number of carbonyl (C=O) groups is 1. The Kier molecular flexibility index (Phi) is 4.91. The smallest absolute Gasteiger partial charge is 0.239 e. The molecule has 0 fully saturated rings. The van der Waals surface area contributed by atoms with Gasteiger partial charge in [-0.1, -0.05) is 61.5 Å². The molecule has 3 N–H and O–H groups in total. The molecule has 3 nitrogen and oxygen atoms in total. The molecule has 2 aromatic carbocycles. The molecule has 0 aliphatic heterocycles.